The summed E-state index contributed by atoms with van der Waals surface area (Å²) in [7, 11) is 0. The first-order valence-corrected chi connectivity index (χ1v) is 6.28. The Morgan fingerprint density at radius 1 is 1.22 bits per heavy atom. The fourth-order valence-corrected chi connectivity index (χ4v) is 3.16. The fourth-order valence-electron chi connectivity index (χ4n) is 3.16. The standard InChI is InChI=1S/C13H15NO4/c1-6(2)13(17)18-14-11(15)9-7-3-4-8(5-7)10(9)12(14)16/h3-4,6-10H,5H2,1-2H3/t7-,8+,9-,10+. The maximum Gasteiger partial charge on any atom is 0.335 e. The normalized spacial score (nSPS) is 36.7. The Labute approximate surface area is 105 Å². The first kappa shape index (κ1) is 11.4. The predicted molar refractivity (Wildman–Crippen MR) is 60.5 cm³/mol. The van der Waals surface area contributed by atoms with Crippen LogP contribution in [0, 0.1) is 29.6 Å². The van der Waals surface area contributed by atoms with E-state index in [9.17, 15) is 14.4 Å². The van der Waals surface area contributed by atoms with Crippen LogP contribution in [0.2, 0.25) is 0 Å². The number of fused-ring (bicyclic) bond motifs is 5. The third-order valence-corrected chi connectivity index (χ3v) is 4.08. The van der Waals surface area contributed by atoms with E-state index in [1.165, 1.54) is 0 Å². The molecule has 0 radical (unpaired) electrons. The van der Waals surface area contributed by atoms with E-state index in [2.05, 4.69) is 0 Å². The molecule has 3 rings (SSSR count). The van der Waals surface area contributed by atoms with E-state index in [-0.39, 0.29) is 41.4 Å². The second-order valence-corrected chi connectivity index (χ2v) is 5.54. The van der Waals surface area contributed by atoms with Gasteiger partial charge in [0.05, 0.1) is 17.8 Å². The van der Waals surface area contributed by atoms with E-state index in [4.69, 9.17) is 4.84 Å². The second-order valence-electron chi connectivity index (χ2n) is 5.54. The first-order valence-electron chi connectivity index (χ1n) is 6.28. The molecule has 1 saturated heterocycles. The lowest BCUT2D eigenvalue weighted by molar-refractivity contribution is -0.201. The minimum absolute atomic E-state index is 0.138. The number of carbonyl (C=O) groups is 3. The number of carbonyl (C=O) groups excluding carboxylic acids is 3. The topological polar surface area (TPSA) is 63.7 Å². The molecule has 0 N–H and O–H groups in total. The summed E-state index contributed by atoms with van der Waals surface area (Å²) in [5.41, 5.74) is 0. The molecule has 2 aliphatic carbocycles. The number of hydrogen-bond acceptors (Lipinski definition) is 4. The van der Waals surface area contributed by atoms with Gasteiger partial charge in [-0.3, -0.25) is 9.59 Å². The number of rotatable bonds is 2. The van der Waals surface area contributed by atoms with E-state index in [1.807, 2.05) is 12.2 Å². The van der Waals surface area contributed by atoms with Crippen molar-refractivity contribution in [1.82, 2.24) is 5.06 Å². The zero-order valence-electron chi connectivity index (χ0n) is 10.3. The Morgan fingerprint density at radius 3 is 2.17 bits per heavy atom. The fraction of sp³-hybridized carbons (Fsp3) is 0.615. The Morgan fingerprint density at radius 2 is 1.72 bits per heavy atom. The molecule has 0 aromatic carbocycles. The van der Waals surface area contributed by atoms with Crippen molar-refractivity contribution in [3.63, 3.8) is 0 Å². The van der Waals surface area contributed by atoms with Gasteiger partial charge in [-0.2, -0.15) is 0 Å². The van der Waals surface area contributed by atoms with Gasteiger partial charge in [0.25, 0.3) is 11.8 Å². The lowest BCUT2D eigenvalue weighted by atomic mass is 9.85. The summed E-state index contributed by atoms with van der Waals surface area (Å²) in [4.78, 5) is 40.7. The summed E-state index contributed by atoms with van der Waals surface area (Å²) >= 11 is 0. The Hall–Kier alpha value is -1.65. The largest absolute Gasteiger partial charge is 0.335 e. The maximum atomic E-state index is 12.1. The van der Waals surface area contributed by atoms with E-state index < -0.39 is 5.97 Å². The van der Waals surface area contributed by atoms with Crippen molar-refractivity contribution in [1.29, 1.82) is 0 Å². The van der Waals surface area contributed by atoms with Gasteiger partial charge in [0.1, 0.15) is 0 Å². The van der Waals surface area contributed by atoms with Crippen LogP contribution in [0.25, 0.3) is 0 Å². The van der Waals surface area contributed by atoms with Crippen LogP contribution in [0.4, 0.5) is 0 Å². The van der Waals surface area contributed by atoms with Crippen LogP contribution in [-0.2, 0) is 19.2 Å². The van der Waals surface area contributed by atoms with Gasteiger partial charge in [0.15, 0.2) is 0 Å². The molecular weight excluding hydrogens is 234 g/mol. The minimum atomic E-state index is -0.544. The Bertz CT molecular complexity index is 438. The number of hydrogen-bond donors (Lipinski definition) is 0. The SMILES string of the molecule is CC(C)C(=O)ON1C(=O)[C@@H]2[C@H](C1=O)[C@@H]1C=C[C@H]2C1. The molecule has 96 valence electrons. The number of allylic oxidation sites excluding steroid dienone is 2. The second kappa shape index (κ2) is 3.67. The van der Waals surface area contributed by atoms with Crippen molar-refractivity contribution in [3.8, 4) is 0 Å². The summed E-state index contributed by atoms with van der Waals surface area (Å²) < 4.78 is 0. The van der Waals surface area contributed by atoms with E-state index in [1.54, 1.807) is 13.8 Å². The molecule has 0 unspecified atom stereocenters. The third-order valence-electron chi connectivity index (χ3n) is 4.08. The first-order chi connectivity index (χ1) is 8.50. The zero-order chi connectivity index (χ0) is 13.0. The highest BCUT2D eigenvalue weighted by atomic mass is 16.7. The zero-order valence-corrected chi connectivity index (χ0v) is 10.3. The van der Waals surface area contributed by atoms with Crippen LogP contribution in [0.15, 0.2) is 12.2 Å². The highest BCUT2D eigenvalue weighted by molar-refractivity contribution is 6.06. The van der Waals surface area contributed by atoms with Gasteiger partial charge in [-0.15, -0.1) is 5.06 Å². The molecule has 2 amide bonds. The quantitative estimate of drug-likeness (QED) is 0.539. The van der Waals surface area contributed by atoms with Gasteiger partial charge in [0, 0.05) is 0 Å². The predicted octanol–water partition coefficient (Wildman–Crippen LogP) is 0.908. The number of amides is 2. The van der Waals surface area contributed by atoms with Gasteiger partial charge >= 0.3 is 5.97 Å². The molecule has 1 aliphatic heterocycles. The smallest absolute Gasteiger partial charge is 0.330 e. The lowest BCUT2D eigenvalue weighted by Gasteiger charge is -2.16. The van der Waals surface area contributed by atoms with E-state index in [0.717, 1.165) is 6.42 Å². The molecule has 1 heterocycles. The van der Waals surface area contributed by atoms with Crippen molar-refractivity contribution < 1.29 is 19.2 Å². The van der Waals surface area contributed by atoms with Gasteiger partial charge in [-0.1, -0.05) is 26.0 Å². The van der Waals surface area contributed by atoms with Crippen molar-refractivity contribution in [2.24, 2.45) is 29.6 Å². The Kier molecular flexibility index (Phi) is 2.33. The monoisotopic (exact) mass is 249 g/mol. The maximum absolute atomic E-state index is 12.1. The lowest BCUT2D eigenvalue weighted by Crippen LogP contribution is -2.36. The van der Waals surface area contributed by atoms with Crippen LogP contribution >= 0.6 is 0 Å². The van der Waals surface area contributed by atoms with Crippen molar-refractivity contribution >= 4 is 17.8 Å². The highest BCUT2D eigenvalue weighted by Crippen LogP contribution is 2.52. The summed E-state index contributed by atoms with van der Waals surface area (Å²) in [6.07, 6.45) is 4.88. The highest BCUT2D eigenvalue weighted by Gasteiger charge is 2.60. The molecule has 4 atom stereocenters. The Balaban J connectivity index is 1.82. The minimum Gasteiger partial charge on any atom is -0.330 e. The molecule has 2 fully saturated rings. The van der Waals surface area contributed by atoms with E-state index >= 15 is 0 Å². The van der Waals surface area contributed by atoms with Gasteiger partial charge < -0.3 is 4.84 Å². The molecule has 0 aromatic rings. The van der Waals surface area contributed by atoms with Gasteiger partial charge in [0.2, 0.25) is 0 Å². The van der Waals surface area contributed by atoms with Crippen molar-refractivity contribution in [3.05, 3.63) is 12.2 Å². The summed E-state index contributed by atoms with van der Waals surface area (Å²) in [5.74, 6) is -1.96. The van der Waals surface area contributed by atoms with Crippen LogP contribution in [0.5, 0.6) is 0 Å². The van der Waals surface area contributed by atoms with Crippen LogP contribution in [0.3, 0.4) is 0 Å². The number of imide groups is 1. The number of nitrogens with zero attached hydrogens (tertiary/aromatic N) is 1. The molecule has 18 heavy (non-hydrogen) atoms. The summed E-state index contributed by atoms with van der Waals surface area (Å²) in [6, 6.07) is 0. The molecule has 0 aromatic heterocycles. The molecule has 5 nitrogen and oxygen atoms in total. The summed E-state index contributed by atoms with van der Waals surface area (Å²) in [5, 5.41) is 0.698. The number of hydroxylamine groups is 2. The van der Waals surface area contributed by atoms with Gasteiger partial charge in [-0.25, -0.2) is 4.79 Å². The van der Waals surface area contributed by atoms with E-state index in [0.29, 0.717) is 5.06 Å². The average molecular weight is 249 g/mol. The molecule has 0 spiro atoms. The summed E-state index contributed by atoms with van der Waals surface area (Å²) in [6.45, 7) is 3.33. The molecular formula is C13H15NO4. The molecule has 1 saturated carbocycles. The van der Waals surface area contributed by atoms with Crippen LogP contribution in [-0.4, -0.2) is 22.8 Å². The average Bonchev–Trinajstić information content (AvgIpc) is 2.98. The van der Waals surface area contributed by atoms with Crippen LogP contribution < -0.4 is 0 Å². The van der Waals surface area contributed by atoms with Gasteiger partial charge in [-0.05, 0) is 18.3 Å². The molecule has 5 heteroatoms. The molecule has 2 bridgehead atoms. The van der Waals surface area contributed by atoms with Crippen molar-refractivity contribution in [2.45, 2.75) is 20.3 Å². The molecule has 3 aliphatic rings. The van der Waals surface area contributed by atoms with Crippen molar-refractivity contribution in [2.75, 3.05) is 0 Å². The third kappa shape index (κ3) is 1.36. The van der Waals surface area contributed by atoms with Crippen LogP contribution in [0.1, 0.15) is 20.3 Å².